The number of rotatable bonds is 8. The summed E-state index contributed by atoms with van der Waals surface area (Å²) in [6.45, 7) is 3.05. The van der Waals surface area contributed by atoms with Gasteiger partial charge >= 0.3 is 29.8 Å². The smallest absolute Gasteiger partial charge is 0.415 e. The molecule has 0 aromatic heterocycles. The third kappa shape index (κ3) is 5.43. The van der Waals surface area contributed by atoms with E-state index in [1.165, 1.54) is 6.92 Å². The number of hydrogen-bond donors (Lipinski definition) is 0. The second kappa shape index (κ2) is 9.00. The maximum Gasteiger partial charge on any atom is 0.415 e. The van der Waals surface area contributed by atoms with Gasteiger partial charge in [-0.15, -0.1) is 0 Å². The van der Waals surface area contributed by atoms with Gasteiger partial charge in [0.15, 0.2) is 0 Å². The van der Waals surface area contributed by atoms with Gasteiger partial charge < -0.3 is 14.2 Å². The molecule has 0 atom stereocenters. The lowest BCUT2D eigenvalue weighted by Crippen LogP contribution is -2.54. The number of alkyl halides is 4. The standard InChI is InChI=1S/C16H20F4O6/c1-10(2)12(21)24-8-9-25-13(22)15(17,18)16(19,20)14(23)26-11-6-4-3-5-7-11/h11H,1,3-9H2,2H3. The number of halogens is 4. The van der Waals surface area contributed by atoms with Crippen LogP contribution in [0.4, 0.5) is 17.6 Å². The molecule has 0 amide bonds. The maximum atomic E-state index is 13.7. The van der Waals surface area contributed by atoms with Crippen molar-refractivity contribution in [2.45, 2.75) is 57.0 Å². The van der Waals surface area contributed by atoms with Crippen LogP contribution in [0.15, 0.2) is 12.2 Å². The van der Waals surface area contributed by atoms with Gasteiger partial charge in [0.1, 0.15) is 19.3 Å². The fourth-order valence-electron chi connectivity index (χ4n) is 2.15. The topological polar surface area (TPSA) is 78.9 Å². The normalized spacial score (nSPS) is 15.9. The number of ether oxygens (including phenoxy) is 3. The molecule has 0 saturated heterocycles. The highest BCUT2D eigenvalue weighted by Gasteiger charge is 2.69. The molecule has 0 heterocycles. The Bertz CT molecular complexity index is 555. The fraction of sp³-hybridized carbons (Fsp3) is 0.688. The Morgan fingerprint density at radius 2 is 1.42 bits per heavy atom. The molecular weight excluding hydrogens is 364 g/mol. The summed E-state index contributed by atoms with van der Waals surface area (Å²) in [5.74, 6) is -16.8. The molecule has 0 aliphatic heterocycles. The molecule has 1 rings (SSSR count). The monoisotopic (exact) mass is 384 g/mol. The van der Waals surface area contributed by atoms with Crippen molar-refractivity contribution in [2.75, 3.05) is 13.2 Å². The highest BCUT2D eigenvalue weighted by molar-refractivity contribution is 5.90. The summed E-state index contributed by atoms with van der Waals surface area (Å²) in [5.41, 5.74) is 0.0126. The largest absolute Gasteiger partial charge is 0.459 e. The van der Waals surface area contributed by atoms with Gasteiger partial charge in [0.2, 0.25) is 0 Å². The van der Waals surface area contributed by atoms with Crippen molar-refractivity contribution >= 4 is 17.9 Å². The first-order valence-electron chi connectivity index (χ1n) is 7.96. The predicted molar refractivity (Wildman–Crippen MR) is 79.6 cm³/mol. The summed E-state index contributed by atoms with van der Waals surface area (Å²) in [6, 6.07) is 0. The van der Waals surface area contributed by atoms with Crippen molar-refractivity contribution in [3.05, 3.63) is 12.2 Å². The molecule has 0 aromatic rings. The average molecular weight is 384 g/mol. The highest BCUT2D eigenvalue weighted by atomic mass is 19.3. The molecular formula is C16H20F4O6. The summed E-state index contributed by atoms with van der Waals surface area (Å²) < 4.78 is 67.6. The van der Waals surface area contributed by atoms with Crippen LogP contribution in [0.25, 0.3) is 0 Å². The molecule has 0 N–H and O–H groups in total. The third-order valence-corrected chi connectivity index (χ3v) is 3.63. The van der Waals surface area contributed by atoms with E-state index in [0.717, 1.165) is 6.42 Å². The van der Waals surface area contributed by atoms with E-state index in [-0.39, 0.29) is 5.57 Å². The van der Waals surface area contributed by atoms with Crippen molar-refractivity contribution in [1.82, 2.24) is 0 Å². The minimum atomic E-state index is -5.42. The lowest BCUT2D eigenvalue weighted by molar-refractivity contribution is -0.241. The van der Waals surface area contributed by atoms with Gasteiger partial charge in [-0.3, -0.25) is 0 Å². The Morgan fingerprint density at radius 3 is 1.96 bits per heavy atom. The molecule has 0 aromatic carbocycles. The molecule has 0 radical (unpaired) electrons. The van der Waals surface area contributed by atoms with E-state index in [1.807, 2.05) is 0 Å². The van der Waals surface area contributed by atoms with Crippen molar-refractivity contribution in [3.8, 4) is 0 Å². The molecule has 0 unspecified atom stereocenters. The molecule has 1 saturated carbocycles. The first-order valence-corrected chi connectivity index (χ1v) is 7.96. The molecule has 1 fully saturated rings. The molecule has 6 nitrogen and oxygen atoms in total. The molecule has 10 heteroatoms. The molecule has 1 aliphatic rings. The van der Waals surface area contributed by atoms with Crippen LogP contribution >= 0.6 is 0 Å². The zero-order valence-corrected chi connectivity index (χ0v) is 14.2. The lowest BCUT2D eigenvalue weighted by Gasteiger charge is -2.27. The summed E-state index contributed by atoms with van der Waals surface area (Å²) in [6.07, 6.45) is 1.81. The third-order valence-electron chi connectivity index (χ3n) is 3.63. The number of carbonyl (C=O) groups excluding carboxylic acids is 3. The Kier molecular flexibility index (Phi) is 7.58. The van der Waals surface area contributed by atoms with Crippen LogP contribution in [0, 0.1) is 0 Å². The molecule has 1 aliphatic carbocycles. The van der Waals surface area contributed by atoms with Gasteiger partial charge in [-0.05, 0) is 32.6 Å². The van der Waals surface area contributed by atoms with E-state index in [2.05, 4.69) is 20.8 Å². The van der Waals surface area contributed by atoms with Gasteiger partial charge in [0.25, 0.3) is 0 Å². The molecule has 26 heavy (non-hydrogen) atoms. The van der Waals surface area contributed by atoms with Crippen molar-refractivity contribution in [1.29, 1.82) is 0 Å². The summed E-state index contributed by atoms with van der Waals surface area (Å²) in [4.78, 5) is 33.7. The Hall–Kier alpha value is -2.13. The van der Waals surface area contributed by atoms with Crippen molar-refractivity contribution < 1.29 is 46.2 Å². The van der Waals surface area contributed by atoms with E-state index in [1.54, 1.807) is 0 Å². The van der Waals surface area contributed by atoms with Gasteiger partial charge in [-0.2, -0.15) is 17.6 Å². The number of hydrogen-bond acceptors (Lipinski definition) is 6. The van der Waals surface area contributed by atoms with E-state index in [0.29, 0.717) is 25.7 Å². The van der Waals surface area contributed by atoms with Gasteiger partial charge in [-0.1, -0.05) is 13.0 Å². The first-order chi connectivity index (χ1) is 12.0. The second-order valence-electron chi connectivity index (χ2n) is 5.87. The van der Waals surface area contributed by atoms with Gasteiger partial charge in [0, 0.05) is 5.57 Å². The van der Waals surface area contributed by atoms with Crippen molar-refractivity contribution in [3.63, 3.8) is 0 Å². The zero-order chi connectivity index (χ0) is 20.0. The SMILES string of the molecule is C=C(C)C(=O)OCCOC(=O)C(F)(F)C(F)(F)C(=O)OC1CCCCC1. The fourth-order valence-corrected chi connectivity index (χ4v) is 2.15. The number of carbonyl (C=O) groups is 3. The minimum Gasteiger partial charge on any atom is -0.459 e. The first kappa shape index (κ1) is 21.9. The Balaban J connectivity index is 2.58. The number of esters is 3. The molecule has 148 valence electrons. The van der Waals surface area contributed by atoms with E-state index < -0.39 is 49.1 Å². The lowest BCUT2D eigenvalue weighted by atomic mass is 9.98. The van der Waals surface area contributed by atoms with Crippen LogP contribution in [0.1, 0.15) is 39.0 Å². The Labute approximate surface area is 147 Å². The van der Waals surface area contributed by atoms with Crippen LogP contribution < -0.4 is 0 Å². The zero-order valence-electron chi connectivity index (χ0n) is 14.2. The predicted octanol–water partition coefficient (Wildman–Crippen LogP) is 2.80. The molecule has 0 bridgehead atoms. The van der Waals surface area contributed by atoms with Crippen LogP contribution in [0.3, 0.4) is 0 Å². The summed E-state index contributed by atoms with van der Waals surface area (Å²) >= 11 is 0. The van der Waals surface area contributed by atoms with E-state index in [9.17, 15) is 31.9 Å². The van der Waals surface area contributed by atoms with Crippen molar-refractivity contribution in [2.24, 2.45) is 0 Å². The van der Waals surface area contributed by atoms with Crippen LogP contribution in [0.2, 0.25) is 0 Å². The minimum absolute atomic E-state index is 0.0126. The quantitative estimate of drug-likeness (QED) is 0.211. The maximum absolute atomic E-state index is 13.7. The van der Waals surface area contributed by atoms with Gasteiger partial charge in [0.05, 0.1) is 0 Å². The average Bonchev–Trinajstić information content (AvgIpc) is 2.58. The van der Waals surface area contributed by atoms with E-state index >= 15 is 0 Å². The highest BCUT2D eigenvalue weighted by Crippen LogP contribution is 2.37. The van der Waals surface area contributed by atoms with Crippen LogP contribution in [0.5, 0.6) is 0 Å². The van der Waals surface area contributed by atoms with Crippen LogP contribution in [-0.4, -0.2) is 49.1 Å². The van der Waals surface area contributed by atoms with Gasteiger partial charge in [-0.25, -0.2) is 14.4 Å². The Morgan fingerprint density at radius 1 is 0.923 bits per heavy atom. The molecule has 0 spiro atoms. The van der Waals surface area contributed by atoms with Crippen LogP contribution in [-0.2, 0) is 28.6 Å². The van der Waals surface area contributed by atoms with E-state index in [4.69, 9.17) is 0 Å². The summed E-state index contributed by atoms with van der Waals surface area (Å²) in [5, 5.41) is 0. The second-order valence-corrected chi connectivity index (χ2v) is 5.87. The summed E-state index contributed by atoms with van der Waals surface area (Å²) in [7, 11) is 0.